The van der Waals surface area contributed by atoms with Crippen molar-refractivity contribution in [1.82, 2.24) is 9.97 Å². The Labute approximate surface area is 182 Å². The Kier molecular flexibility index (Phi) is 6.75. The van der Waals surface area contributed by atoms with E-state index in [1.807, 2.05) is 42.5 Å². The number of para-hydroxylation sites is 1. The van der Waals surface area contributed by atoms with Gasteiger partial charge < -0.3 is 14.5 Å². The van der Waals surface area contributed by atoms with Crippen molar-refractivity contribution in [2.45, 2.75) is 33.0 Å². The zero-order valence-corrected chi connectivity index (χ0v) is 17.6. The minimum Gasteiger partial charge on any atom is -0.462 e. The lowest BCUT2D eigenvalue weighted by molar-refractivity contribution is 0.0516. The van der Waals surface area contributed by atoms with Crippen LogP contribution in [-0.2, 0) is 35.5 Å². The first-order valence-corrected chi connectivity index (χ1v) is 10.6. The monoisotopic (exact) mass is 414 g/mol. The number of hydrogen-bond donors (Lipinski definition) is 1. The topological polar surface area (TPSA) is 64.2 Å². The lowest BCUT2D eigenvalue weighted by Crippen LogP contribution is -2.09. The minimum atomic E-state index is -0.320. The predicted molar refractivity (Wildman–Crippen MR) is 121 cm³/mol. The second-order valence-corrected chi connectivity index (χ2v) is 7.35. The molecule has 0 atom stereocenters. The number of nitrogens with one attached hydrogen (secondary N) is 1. The third kappa shape index (κ3) is 5.19. The van der Waals surface area contributed by atoms with Crippen molar-refractivity contribution in [3.05, 3.63) is 101 Å². The molecule has 0 aliphatic carbocycles. The summed E-state index contributed by atoms with van der Waals surface area (Å²) in [5.41, 5.74) is 5.63. The van der Waals surface area contributed by atoms with Crippen molar-refractivity contribution in [3.8, 4) is 0 Å². The van der Waals surface area contributed by atoms with E-state index in [2.05, 4.69) is 29.2 Å². The van der Waals surface area contributed by atoms with E-state index >= 15 is 0 Å². The van der Waals surface area contributed by atoms with Crippen molar-refractivity contribution in [2.24, 2.45) is 0 Å². The molecule has 1 N–H and O–H groups in total. The third-order valence-corrected chi connectivity index (χ3v) is 5.17. The fourth-order valence-electron chi connectivity index (χ4n) is 3.61. The summed E-state index contributed by atoms with van der Waals surface area (Å²) in [5.74, 6) is 0.651. The van der Waals surface area contributed by atoms with Gasteiger partial charge in [-0.1, -0.05) is 60.7 Å². The summed E-state index contributed by atoms with van der Waals surface area (Å²) in [5, 5.41) is 0. The number of nitrogens with zero attached hydrogens (tertiary/aromatic N) is 1. The standard InChI is InChI=1S/C26H26N2O3/c1-2-31-26(29)22-13-7-6-11-20(22)17-30-18-21-12-8-14-23-25(21)28-24(27-23)16-15-19-9-4-3-5-10-19/h3-14H,2,15-18H2,1H3,(H,27,28). The minimum absolute atomic E-state index is 0.320. The molecule has 0 saturated carbocycles. The van der Waals surface area contributed by atoms with Crippen LogP contribution in [0.25, 0.3) is 11.0 Å². The molecule has 3 aromatic carbocycles. The molecule has 5 nitrogen and oxygen atoms in total. The van der Waals surface area contributed by atoms with Crippen LogP contribution in [0.3, 0.4) is 0 Å². The average Bonchev–Trinajstić information content (AvgIpc) is 3.23. The number of esters is 1. The van der Waals surface area contributed by atoms with E-state index < -0.39 is 0 Å². The Morgan fingerprint density at radius 1 is 0.871 bits per heavy atom. The Balaban J connectivity index is 1.42. The first kappa shape index (κ1) is 20.8. The Bertz CT molecular complexity index is 1150. The van der Waals surface area contributed by atoms with Crippen LogP contribution in [0.1, 0.15) is 39.8 Å². The molecular formula is C26H26N2O3. The largest absolute Gasteiger partial charge is 0.462 e. The van der Waals surface area contributed by atoms with E-state index in [-0.39, 0.29) is 5.97 Å². The van der Waals surface area contributed by atoms with Crippen LogP contribution in [0.4, 0.5) is 0 Å². The molecule has 0 amide bonds. The van der Waals surface area contributed by atoms with Gasteiger partial charge in [0.05, 0.1) is 36.4 Å². The van der Waals surface area contributed by atoms with Gasteiger partial charge in [-0.2, -0.15) is 0 Å². The maximum atomic E-state index is 12.1. The van der Waals surface area contributed by atoms with Gasteiger partial charge in [0, 0.05) is 12.0 Å². The molecule has 0 saturated heterocycles. The summed E-state index contributed by atoms with van der Waals surface area (Å²) in [4.78, 5) is 20.4. The number of aryl methyl sites for hydroxylation is 2. The summed E-state index contributed by atoms with van der Waals surface area (Å²) in [6, 6.07) is 23.9. The van der Waals surface area contributed by atoms with Crippen molar-refractivity contribution in [2.75, 3.05) is 6.61 Å². The van der Waals surface area contributed by atoms with Crippen molar-refractivity contribution >= 4 is 17.0 Å². The molecule has 0 radical (unpaired) electrons. The third-order valence-electron chi connectivity index (χ3n) is 5.17. The molecule has 1 aromatic heterocycles. The quantitative estimate of drug-likeness (QED) is 0.380. The molecule has 0 unspecified atom stereocenters. The number of fused-ring (bicyclic) bond motifs is 1. The highest BCUT2D eigenvalue weighted by Gasteiger charge is 2.13. The number of benzene rings is 3. The van der Waals surface area contributed by atoms with E-state index in [1.165, 1.54) is 5.56 Å². The van der Waals surface area contributed by atoms with Crippen molar-refractivity contribution in [3.63, 3.8) is 0 Å². The molecule has 0 spiro atoms. The van der Waals surface area contributed by atoms with E-state index in [4.69, 9.17) is 14.5 Å². The highest BCUT2D eigenvalue weighted by atomic mass is 16.5. The lowest BCUT2D eigenvalue weighted by atomic mass is 10.1. The van der Waals surface area contributed by atoms with Crippen LogP contribution in [0.5, 0.6) is 0 Å². The van der Waals surface area contributed by atoms with Gasteiger partial charge in [-0.15, -0.1) is 0 Å². The van der Waals surface area contributed by atoms with Gasteiger partial charge >= 0.3 is 5.97 Å². The Hall–Kier alpha value is -3.44. The molecule has 31 heavy (non-hydrogen) atoms. The van der Waals surface area contributed by atoms with E-state index in [9.17, 15) is 4.79 Å². The highest BCUT2D eigenvalue weighted by molar-refractivity contribution is 5.91. The van der Waals surface area contributed by atoms with Crippen LogP contribution >= 0.6 is 0 Å². The number of imidazole rings is 1. The van der Waals surface area contributed by atoms with Gasteiger partial charge in [0.15, 0.2) is 0 Å². The van der Waals surface area contributed by atoms with E-state index in [0.717, 1.165) is 40.8 Å². The van der Waals surface area contributed by atoms with Gasteiger partial charge in [-0.25, -0.2) is 9.78 Å². The van der Waals surface area contributed by atoms with Crippen LogP contribution in [-0.4, -0.2) is 22.5 Å². The molecule has 0 aliphatic heterocycles. The summed E-state index contributed by atoms with van der Waals surface area (Å²) in [6.45, 7) is 2.89. The molecule has 4 rings (SSSR count). The Morgan fingerprint density at radius 3 is 2.45 bits per heavy atom. The molecule has 5 heteroatoms. The van der Waals surface area contributed by atoms with E-state index in [0.29, 0.717) is 25.4 Å². The van der Waals surface area contributed by atoms with Gasteiger partial charge in [-0.05, 0) is 36.6 Å². The molecule has 1 heterocycles. The predicted octanol–water partition coefficient (Wildman–Crippen LogP) is 5.24. The summed E-state index contributed by atoms with van der Waals surface area (Å²) in [6.07, 6.45) is 1.79. The highest BCUT2D eigenvalue weighted by Crippen LogP contribution is 2.20. The van der Waals surface area contributed by atoms with Crippen molar-refractivity contribution in [1.29, 1.82) is 0 Å². The van der Waals surface area contributed by atoms with Crippen LogP contribution in [0.2, 0.25) is 0 Å². The number of aromatic amines is 1. The second-order valence-electron chi connectivity index (χ2n) is 7.35. The smallest absolute Gasteiger partial charge is 0.338 e. The molecule has 0 fully saturated rings. The van der Waals surface area contributed by atoms with Gasteiger partial charge in [0.2, 0.25) is 0 Å². The fraction of sp³-hybridized carbons (Fsp3) is 0.231. The molecule has 158 valence electrons. The number of H-pyrrole nitrogens is 1. The van der Waals surface area contributed by atoms with Gasteiger partial charge in [-0.3, -0.25) is 0 Å². The van der Waals surface area contributed by atoms with Crippen molar-refractivity contribution < 1.29 is 14.3 Å². The number of carbonyl (C=O) groups is 1. The number of rotatable bonds is 9. The maximum Gasteiger partial charge on any atom is 0.338 e. The summed E-state index contributed by atoms with van der Waals surface area (Å²) < 4.78 is 11.1. The summed E-state index contributed by atoms with van der Waals surface area (Å²) >= 11 is 0. The van der Waals surface area contributed by atoms with Crippen LogP contribution in [0, 0.1) is 0 Å². The zero-order valence-electron chi connectivity index (χ0n) is 17.6. The number of hydrogen-bond acceptors (Lipinski definition) is 4. The first-order chi connectivity index (χ1) is 15.2. The van der Waals surface area contributed by atoms with Gasteiger partial charge in [0.1, 0.15) is 5.82 Å². The lowest BCUT2D eigenvalue weighted by Gasteiger charge is -2.10. The molecule has 4 aromatic rings. The number of ether oxygens (including phenoxy) is 2. The average molecular weight is 415 g/mol. The molecule has 0 aliphatic rings. The Morgan fingerprint density at radius 2 is 1.61 bits per heavy atom. The zero-order chi connectivity index (χ0) is 21.5. The maximum absolute atomic E-state index is 12.1. The fourth-order valence-corrected chi connectivity index (χ4v) is 3.61. The second kappa shape index (κ2) is 10.0. The normalized spacial score (nSPS) is 11.0. The van der Waals surface area contributed by atoms with Crippen LogP contribution < -0.4 is 0 Å². The SMILES string of the molecule is CCOC(=O)c1ccccc1COCc1cccc2[nH]c(CCc3ccccc3)nc12. The number of aromatic nitrogens is 2. The summed E-state index contributed by atoms with van der Waals surface area (Å²) in [7, 11) is 0. The van der Waals surface area contributed by atoms with Gasteiger partial charge in [0.25, 0.3) is 0 Å². The van der Waals surface area contributed by atoms with Crippen LogP contribution in [0.15, 0.2) is 72.8 Å². The molecular weight excluding hydrogens is 388 g/mol. The first-order valence-electron chi connectivity index (χ1n) is 10.6. The number of carbonyl (C=O) groups excluding carboxylic acids is 1. The molecule has 0 bridgehead atoms. The van der Waals surface area contributed by atoms with E-state index in [1.54, 1.807) is 13.0 Å².